The van der Waals surface area contributed by atoms with Crippen LogP contribution in [0.5, 0.6) is 0 Å². The summed E-state index contributed by atoms with van der Waals surface area (Å²) >= 11 is 1.48. The summed E-state index contributed by atoms with van der Waals surface area (Å²) in [5.74, 6) is 0.324. The van der Waals surface area contributed by atoms with Gasteiger partial charge in [0.15, 0.2) is 6.61 Å². The average molecular weight is 388 g/mol. The van der Waals surface area contributed by atoms with Crippen LogP contribution in [0.1, 0.15) is 26.7 Å². The van der Waals surface area contributed by atoms with Crippen LogP contribution in [0.4, 0.5) is 0 Å². The zero-order valence-corrected chi connectivity index (χ0v) is 15.7. The quantitative estimate of drug-likeness (QED) is 0.464. The summed E-state index contributed by atoms with van der Waals surface area (Å²) in [6.07, 6.45) is 1.94. The van der Waals surface area contributed by atoms with Crippen molar-refractivity contribution >= 4 is 17.3 Å². The Labute approximate surface area is 165 Å². The molecule has 0 N–H and O–H groups in total. The van der Waals surface area contributed by atoms with E-state index in [1.165, 1.54) is 28.0 Å². The third kappa shape index (κ3) is 3.12. The number of nitrogens with zero attached hydrogens (tertiary/aromatic N) is 2. The van der Waals surface area contributed by atoms with Gasteiger partial charge in [0.2, 0.25) is 5.89 Å². The Balaban J connectivity index is 1.30. The van der Waals surface area contributed by atoms with Crippen LogP contribution < -0.4 is 0 Å². The Morgan fingerprint density at radius 2 is 1.79 bits per heavy atom. The lowest BCUT2D eigenvalue weighted by molar-refractivity contribution is 0.0444. The molecule has 0 saturated carbocycles. The predicted octanol–water partition coefficient (Wildman–Crippen LogP) is 4.92. The van der Waals surface area contributed by atoms with Crippen LogP contribution in [-0.4, -0.2) is 16.2 Å². The molecule has 5 rings (SSSR count). The highest BCUT2D eigenvalue weighted by Gasteiger charge is 2.22. The Bertz CT molecular complexity index is 1150. The van der Waals surface area contributed by atoms with Gasteiger partial charge in [0, 0.05) is 10.4 Å². The molecule has 0 unspecified atom stereocenters. The Morgan fingerprint density at radius 1 is 1.00 bits per heavy atom. The van der Waals surface area contributed by atoms with Gasteiger partial charge in [-0.2, -0.15) is 0 Å². The zero-order valence-electron chi connectivity index (χ0n) is 14.9. The summed E-state index contributed by atoms with van der Waals surface area (Å²) in [7, 11) is 0. The second-order valence-corrected chi connectivity index (χ2v) is 7.62. The van der Waals surface area contributed by atoms with E-state index in [1.54, 1.807) is 0 Å². The smallest absolute Gasteiger partial charge is 0.348 e. The molecule has 1 aliphatic rings. The first-order chi connectivity index (χ1) is 13.8. The molecule has 2 heterocycles. The molecule has 0 spiro atoms. The Hall–Kier alpha value is -3.25. The number of thiophene rings is 1. The van der Waals surface area contributed by atoms with Crippen LogP contribution in [0.15, 0.2) is 65.1 Å². The van der Waals surface area contributed by atoms with E-state index in [-0.39, 0.29) is 18.5 Å². The lowest BCUT2D eigenvalue weighted by atomic mass is 9.91. The topological polar surface area (TPSA) is 65.2 Å². The highest BCUT2D eigenvalue weighted by molar-refractivity contribution is 7.17. The molecule has 6 heteroatoms. The molecule has 0 atom stereocenters. The minimum Gasteiger partial charge on any atom is -0.451 e. The predicted molar refractivity (Wildman–Crippen MR) is 106 cm³/mol. The van der Waals surface area contributed by atoms with Crippen molar-refractivity contribution in [3.05, 3.63) is 82.6 Å². The van der Waals surface area contributed by atoms with Crippen LogP contribution >= 0.6 is 11.3 Å². The van der Waals surface area contributed by atoms with Gasteiger partial charge in [-0.1, -0.05) is 42.5 Å². The molecular weight excluding hydrogens is 372 g/mol. The summed E-state index contributed by atoms with van der Waals surface area (Å²) in [5, 5.41) is 7.97. The SMILES string of the molecule is O=C(OCc1nnc(-c2ccccc2)o1)c1cc2c(s1)-c1ccccc1CC2. The molecule has 2 aromatic carbocycles. The number of rotatable bonds is 4. The average Bonchev–Trinajstić information content (AvgIpc) is 3.40. The van der Waals surface area contributed by atoms with Crippen LogP contribution in [0.3, 0.4) is 0 Å². The van der Waals surface area contributed by atoms with Crippen molar-refractivity contribution in [2.45, 2.75) is 19.4 Å². The fraction of sp³-hybridized carbons (Fsp3) is 0.136. The molecule has 0 bridgehead atoms. The van der Waals surface area contributed by atoms with Crippen molar-refractivity contribution in [1.82, 2.24) is 10.2 Å². The van der Waals surface area contributed by atoms with Crippen LogP contribution in [0, 0.1) is 0 Å². The standard InChI is InChI=1S/C22H16N2O3S/c25-22(26-13-19-23-24-21(27-19)15-7-2-1-3-8-15)18-12-16-11-10-14-6-4-5-9-17(14)20(16)28-18/h1-9,12H,10-11,13H2. The minimum atomic E-state index is -0.364. The van der Waals surface area contributed by atoms with E-state index >= 15 is 0 Å². The van der Waals surface area contributed by atoms with Crippen molar-refractivity contribution in [3.63, 3.8) is 0 Å². The molecule has 0 aliphatic heterocycles. The van der Waals surface area contributed by atoms with Gasteiger partial charge >= 0.3 is 5.97 Å². The van der Waals surface area contributed by atoms with Gasteiger partial charge in [-0.3, -0.25) is 0 Å². The number of aromatic nitrogens is 2. The first kappa shape index (κ1) is 16.9. The highest BCUT2D eigenvalue weighted by atomic mass is 32.1. The lowest BCUT2D eigenvalue weighted by Gasteiger charge is -2.15. The number of ether oxygens (including phenoxy) is 1. The molecule has 0 saturated heterocycles. The fourth-order valence-electron chi connectivity index (χ4n) is 3.38. The van der Waals surface area contributed by atoms with Crippen LogP contribution in [0.2, 0.25) is 0 Å². The number of fused-ring (bicyclic) bond motifs is 3. The van der Waals surface area contributed by atoms with Crippen LogP contribution in [-0.2, 0) is 24.2 Å². The third-order valence-electron chi connectivity index (χ3n) is 4.75. The minimum absolute atomic E-state index is 0.0438. The lowest BCUT2D eigenvalue weighted by Crippen LogP contribution is -2.03. The fourth-order valence-corrected chi connectivity index (χ4v) is 4.54. The Kier molecular flexibility index (Phi) is 4.25. The zero-order chi connectivity index (χ0) is 18.9. The van der Waals surface area contributed by atoms with E-state index in [2.05, 4.69) is 28.4 Å². The highest BCUT2D eigenvalue weighted by Crippen LogP contribution is 2.39. The number of aryl methyl sites for hydroxylation is 2. The molecule has 4 aromatic rings. The van der Waals surface area contributed by atoms with Gasteiger partial charge in [0.05, 0.1) is 0 Å². The maximum atomic E-state index is 12.5. The van der Waals surface area contributed by atoms with Crippen molar-refractivity contribution < 1.29 is 13.9 Å². The second kappa shape index (κ2) is 7.05. The van der Waals surface area contributed by atoms with Crippen molar-refractivity contribution in [2.75, 3.05) is 0 Å². The van der Waals surface area contributed by atoms with Gasteiger partial charge in [-0.05, 0) is 47.7 Å². The van der Waals surface area contributed by atoms with E-state index in [9.17, 15) is 4.79 Å². The number of hydrogen-bond donors (Lipinski definition) is 0. The van der Waals surface area contributed by atoms with Gasteiger partial charge in [-0.25, -0.2) is 4.79 Å². The molecule has 28 heavy (non-hydrogen) atoms. The molecule has 5 nitrogen and oxygen atoms in total. The second-order valence-electron chi connectivity index (χ2n) is 6.57. The molecule has 0 radical (unpaired) electrons. The van der Waals surface area contributed by atoms with E-state index in [0.29, 0.717) is 10.8 Å². The summed E-state index contributed by atoms with van der Waals surface area (Å²) in [6, 6.07) is 19.8. The molecule has 1 aliphatic carbocycles. The maximum absolute atomic E-state index is 12.5. The summed E-state index contributed by atoms with van der Waals surface area (Å²) in [5.41, 5.74) is 4.59. The van der Waals surface area contributed by atoms with Crippen LogP contribution in [0.25, 0.3) is 21.9 Å². The summed E-state index contributed by atoms with van der Waals surface area (Å²) in [4.78, 5) is 14.3. The van der Waals surface area contributed by atoms with Gasteiger partial charge < -0.3 is 9.15 Å². The molecular formula is C22H16N2O3S. The maximum Gasteiger partial charge on any atom is 0.348 e. The Morgan fingerprint density at radius 3 is 2.68 bits per heavy atom. The van der Waals surface area contributed by atoms with E-state index in [1.807, 2.05) is 42.5 Å². The van der Waals surface area contributed by atoms with Gasteiger partial charge in [0.25, 0.3) is 5.89 Å². The third-order valence-corrected chi connectivity index (χ3v) is 5.94. The summed E-state index contributed by atoms with van der Waals surface area (Å²) in [6.45, 7) is -0.0438. The number of carbonyl (C=O) groups excluding carboxylic acids is 1. The van der Waals surface area contributed by atoms with Crippen molar-refractivity contribution in [3.8, 4) is 21.9 Å². The molecule has 2 aromatic heterocycles. The van der Waals surface area contributed by atoms with Gasteiger partial charge in [0.1, 0.15) is 4.88 Å². The largest absolute Gasteiger partial charge is 0.451 e. The number of carbonyl (C=O) groups is 1. The molecule has 138 valence electrons. The van der Waals surface area contributed by atoms with Gasteiger partial charge in [-0.15, -0.1) is 21.5 Å². The molecule has 0 amide bonds. The first-order valence-electron chi connectivity index (χ1n) is 9.04. The van der Waals surface area contributed by atoms with E-state index < -0.39 is 0 Å². The molecule has 0 fully saturated rings. The van der Waals surface area contributed by atoms with Crippen molar-refractivity contribution in [1.29, 1.82) is 0 Å². The van der Waals surface area contributed by atoms with Crippen molar-refractivity contribution in [2.24, 2.45) is 0 Å². The normalized spacial score (nSPS) is 12.3. The van der Waals surface area contributed by atoms with E-state index in [0.717, 1.165) is 23.3 Å². The monoisotopic (exact) mass is 388 g/mol. The summed E-state index contributed by atoms with van der Waals surface area (Å²) < 4.78 is 11.0. The van der Waals surface area contributed by atoms with E-state index in [4.69, 9.17) is 9.15 Å². The first-order valence-corrected chi connectivity index (χ1v) is 9.85. The number of hydrogen-bond acceptors (Lipinski definition) is 6. The number of esters is 1. The number of benzene rings is 2.